The van der Waals surface area contributed by atoms with Crippen molar-refractivity contribution in [1.29, 1.82) is 0 Å². The molecule has 0 aliphatic carbocycles. The second-order valence-electron chi connectivity index (χ2n) is 3.53. The zero-order valence-corrected chi connectivity index (χ0v) is 8.69. The van der Waals surface area contributed by atoms with Crippen LogP contribution in [0.15, 0.2) is 12.1 Å². The number of hydrogen-bond donors (Lipinski definition) is 3. The second-order valence-corrected chi connectivity index (χ2v) is 3.53. The van der Waals surface area contributed by atoms with E-state index in [4.69, 9.17) is 5.11 Å². The van der Waals surface area contributed by atoms with Gasteiger partial charge < -0.3 is 15.3 Å². The third-order valence-electron chi connectivity index (χ3n) is 2.39. The van der Waals surface area contributed by atoms with Crippen molar-refractivity contribution in [3.05, 3.63) is 17.7 Å². The van der Waals surface area contributed by atoms with E-state index in [-0.39, 0.29) is 23.0 Å². The van der Waals surface area contributed by atoms with Crippen LogP contribution >= 0.6 is 0 Å². The van der Waals surface area contributed by atoms with Gasteiger partial charge in [0.1, 0.15) is 22.8 Å². The number of rotatable bonds is 3. The van der Waals surface area contributed by atoms with Crippen LogP contribution in [0.25, 0.3) is 0 Å². The van der Waals surface area contributed by atoms with Gasteiger partial charge in [-0.15, -0.1) is 0 Å². The van der Waals surface area contributed by atoms with Gasteiger partial charge in [-0.05, 0) is 6.42 Å². The van der Waals surface area contributed by atoms with Gasteiger partial charge in [0.05, 0.1) is 0 Å². The molecule has 0 saturated carbocycles. The van der Waals surface area contributed by atoms with E-state index in [1.165, 1.54) is 0 Å². The van der Waals surface area contributed by atoms with Crippen LogP contribution < -0.4 is 0 Å². The molecule has 0 heterocycles. The zero-order valence-electron chi connectivity index (χ0n) is 8.69. The Hall–Kier alpha value is -1.71. The van der Waals surface area contributed by atoms with Crippen LogP contribution in [-0.2, 0) is 0 Å². The summed E-state index contributed by atoms with van der Waals surface area (Å²) in [7, 11) is 0. The highest BCUT2D eigenvalue weighted by atomic mass is 16.3. The lowest BCUT2D eigenvalue weighted by molar-refractivity contribution is 0.0921. The number of benzene rings is 1. The number of phenolic OH excluding ortho intramolecular Hbond substituents is 3. The Morgan fingerprint density at radius 2 is 1.73 bits per heavy atom. The maximum absolute atomic E-state index is 11.7. The maximum atomic E-state index is 11.7. The number of carbonyl (C=O) groups excluding carboxylic acids is 1. The first kappa shape index (κ1) is 11.4. The first-order valence-electron chi connectivity index (χ1n) is 4.76. The third-order valence-corrected chi connectivity index (χ3v) is 2.39. The molecule has 3 N–H and O–H groups in total. The highest BCUT2D eigenvalue weighted by molar-refractivity contribution is 6.02. The van der Waals surface area contributed by atoms with Crippen LogP contribution in [0.3, 0.4) is 0 Å². The lowest BCUT2D eigenvalue weighted by Crippen LogP contribution is -2.10. The van der Waals surface area contributed by atoms with E-state index in [1.807, 2.05) is 6.92 Å². The SMILES string of the molecule is CC[C@H](C)C(=O)c1c(O)cc(O)cc1O. The minimum Gasteiger partial charge on any atom is -0.508 e. The van der Waals surface area contributed by atoms with Crippen LogP contribution in [-0.4, -0.2) is 21.1 Å². The van der Waals surface area contributed by atoms with E-state index in [0.717, 1.165) is 12.1 Å². The van der Waals surface area contributed by atoms with Gasteiger partial charge in [0.15, 0.2) is 5.78 Å². The van der Waals surface area contributed by atoms with Crippen molar-refractivity contribution in [2.45, 2.75) is 20.3 Å². The molecule has 0 spiro atoms. The Labute approximate surface area is 87.8 Å². The number of aromatic hydroxyl groups is 3. The summed E-state index contributed by atoms with van der Waals surface area (Å²) in [6.45, 7) is 3.56. The van der Waals surface area contributed by atoms with Gasteiger partial charge in [-0.1, -0.05) is 13.8 Å². The van der Waals surface area contributed by atoms with Crippen molar-refractivity contribution in [2.24, 2.45) is 5.92 Å². The van der Waals surface area contributed by atoms with Crippen LogP contribution in [0.1, 0.15) is 30.6 Å². The van der Waals surface area contributed by atoms with Gasteiger partial charge in [0, 0.05) is 18.1 Å². The first-order chi connectivity index (χ1) is 6.97. The molecule has 4 nitrogen and oxygen atoms in total. The van der Waals surface area contributed by atoms with E-state index in [0.29, 0.717) is 6.42 Å². The standard InChI is InChI=1S/C11H14O4/c1-3-6(2)11(15)10-8(13)4-7(12)5-9(10)14/h4-6,12-14H,3H2,1-2H3/t6-/m0/s1. The van der Waals surface area contributed by atoms with Crippen molar-refractivity contribution in [3.8, 4) is 17.2 Å². The molecular weight excluding hydrogens is 196 g/mol. The predicted molar refractivity (Wildman–Crippen MR) is 55.2 cm³/mol. The van der Waals surface area contributed by atoms with Crippen LogP contribution in [0.5, 0.6) is 17.2 Å². The Balaban J connectivity index is 3.20. The molecule has 1 aromatic carbocycles. The van der Waals surface area contributed by atoms with Gasteiger partial charge in [0.2, 0.25) is 0 Å². The summed E-state index contributed by atoms with van der Waals surface area (Å²) in [5.41, 5.74) is -0.123. The fourth-order valence-electron chi connectivity index (χ4n) is 1.28. The third kappa shape index (κ3) is 2.21. The van der Waals surface area contributed by atoms with Gasteiger partial charge in [-0.2, -0.15) is 0 Å². The summed E-state index contributed by atoms with van der Waals surface area (Å²) in [4.78, 5) is 11.7. The highest BCUT2D eigenvalue weighted by Crippen LogP contribution is 2.33. The molecule has 0 fully saturated rings. The molecule has 0 saturated heterocycles. The first-order valence-corrected chi connectivity index (χ1v) is 4.76. The quantitative estimate of drug-likeness (QED) is 0.667. The summed E-state index contributed by atoms with van der Waals surface area (Å²) < 4.78 is 0. The fraction of sp³-hybridized carbons (Fsp3) is 0.364. The minimum atomic E-state index is -0.391. The Morgan fingerprint density at radius 1 is 1.27 bits per heavy atom. The Kier molecular flexibility index (Phi) is 3.19. The number of carbonyl (C=O) groups is 1. The van der Waals surface area contributed by atoms with Crippen molar-refractivity contribution in [3.63, 3.8) is 0 Å². The average Bonchev–Trinajstić information content (AvgIpc) is 2.14. The lowest BCUT2D eigenvalue weighted by atomic mass is 9.95. The van der Waals surface area contributed by atoms with Crippen LogP contribution in [0, 0.1) is 5.92 Å². The molecule has 0 amide bonds. The van der Waals surface area contributed by atoms with Gasteiger partial charge >= 0.3 is 0 Å². The smallest absolute Gasteiger partial charge is 0.173 e. The van der Waals surface area contributed by atoms with E-state index < -0.39 is 11.5 Å². The number of Topliss-reactive ketones (excluding diaryl/α,β-unsaturated/α-hetero) is 1. The zero-order chi connectivity index (χ0) is 11.6. The van der Waals surface area contributed by atoms with Crippen molar-refractivity contribution in [2.75, 3.05) is 0 Å². The molecule has 0 aliphatic heterocycles. The van der Waals surface area contributed by atoms with Crippen molar-refractivity contribution < 1.29 is 20.1 Å². The maximum Gasteiger partial charge on any atom is 0.173 e. The summed E-state index contributed by atoms with van der Waals surface area (Å²) in [6.07, 6.45) is 0.624. The second kappa shape index (κ2) is 4.21. The van der Waals surface area contributed by atoms with Crippen LogP contribution in [0.4, 0.5) is 0 Å². The Bertz CT molecular complexity index is 361. The molecule has 0 aromatic heterocycles. The Morgan fingerprint density at radius 3 is 2.13 bits per heavy atom. The molecule has 0 unspecified atom stereocenters. The molecule has 0 bridgehead atoms. The largest absolute Gasteiger partial charge is 0.508 e. The lowest BCUT2D eigenvalue weighted by Gasteiger charge is -2.10. The summed E-state index contributed by atoms with van der Waals surface area (Å²) in [5, 5.41) is 28.0. The number of ketones is 1. The van der Waals surface area contributed by atoms with Gasteiger partial charge in [-0.3, -0.25) is 4.79 Å². The molecule has 4 heteroatoms. The summed E-state index contributed by atoms with van der Waals surface area (Å²) in [5.74, 6) is -1.65. The van der Waals surface area contributed by atoms with Crippen molar-refractivity contribution >= 4 is 5.78 Å². The van der Waals surface area contributed by atoms with E-state index in [2.05, 4.69) is 0 Å². The molecule has 0 radical (unpaired) electrons. The summed E-state index contributed by atoms with van der Waals surface area (Å²) in [6, 6.07) is 2.07. The average molecular weight is 210 g/mol. The minimum absolute atomic E-state index is 0.123. The van der Waals surface area contributed by atoms with E-state index in [9.17, 15) is 15.0 Å². The molecule has 0 aliphatic rings. The molecule has 1 rings (SSSR count). The molecule has 1 aromatic rings. The van der Waals surface area contributed by atoms with Crippen LogP contribution in [0.2, 0.25) is 0 Å². The fourth-order valence-corrected chi connectivity index (χ4v) is 1.28. The van der Waals surface area contributed by atoms with Gasteiger partial charge in [-0.25, -0.2) is 0 Å². The van der Waals surface area contributed by atoms with Gasteiger partial charge in [0.25, 0.3) is 0 Å². The highest BCUT2D eigenvalue weighted by Gasteiger charge is 2.21. The monoisotopic (exact) mass is 210 g/mol. The summed E-state index contributed by atoms with van der Waals surface area (Å²) >= 11 is 0. The number of phenols is 3. The molecular formula is C11H14O4. The normalized spacial score (nSPS) is 12.4. The predicted octanol–water partition coefficient (Wildman–Crippen LogP) is 2.03. The molecule has 1 atom stereocenters. The van der Waals surface area contributed by atoms with E-state index >= 15 is 0 Å². The van der Waals surface area contributed by atoms with E-state index in [1.54, 1.807) is 6.92 Å². The molecule has 15 heavy (non-hydrogen) atoms. The van der Waals surface area contributed by atoms with Crippen molar-refractivity contribution in [1.82, 2.24) is 0 Å². The topological polar surface area (TPSA) is 77.8 Å². The number of hydrogen-bond acceptors (Lipinski definition) is 4. The molecule has 82 valence electrons.